The summed E-state index contributed by atoms with van der Waals surface area (Å²) in [5.41, 5.74) is 6.80. The highest BCUT2D eigenvalue weighted by Crippen LogP contribution is 2.43. The topological polar surface area (TPSA) is 160 Å². The molecule has 0 aliphatic heterocycles. The Bertz CT molecular complexity index is 1300. The number of carbonyl (C=O) groups excluding carboxylic acids is 2. The molecule has 0 atom stereocenters. The fraction of sp³-hybridized carbons (Fsp3) is 0.417. The van der Waals surface area contributed by atoms with Gasteiger partial charge in [-0.05, 0) is 43.9 Å². The Morgan fingerprint density at radius 1 is 1.16 bits per heavy atom. The van der Waals surface area contributed by atoms with Crippen LogP contribution >= 0.6 is 0 Å². The third-order valence-electron chi connectivity index (χ3n) is 5.87. The van der Waals surface area contributed by atoms with Crippen molar-refractivity contribution in [1.29, 1.82) is 0 Å². The lowest BCUT2D eigenvalue weighted by atomic mass is 10.1. The number of amides is 2. The van der Waals surface area contributed by atoms with Crippen molar-refractivity contribution in [2.75, 3.05) is 25.9 Å². The van der Waals surface area contributed by atoms with E-state index in [-0.39, 0.29) is 35.1 Å². The molecule has 5 rings (SSSR count). The molecule has 37 heavy (non-hydrogen) atoms. The molecule has 13 heteroatoms. The van der Waals surface area contributed by atoms with Crippen molar-refractivity contribution < 1.29 is 23.9 Å². The molecule has 194 valence electrons. The molecule has 2 fully saturated rings. The number of aromatic nitrogens is 5. The summed E-state index contributed by atoms with van der Waals surface area (Å²) >= 11 is 0. The summed E-state index contributed by atoms with van der Waals surface area (Å²) in [4.78, 5) is 35.7. The minimum Gasteiger partial charge on any atom is -0.494 e. The molecular formula is C24H28N8O5. The summed E-state index contributed by atoms with van der Waals surface area (Å²) < 4.78 is 12.6. The van der Waals surface area contributed by atoms with Crippen LogP contribution in [0.25, 0.3) is 11.4 Å². The second kappa shape index (κ2) is 10.5. The van der Waals surface area contributed by atoms with Gasteiger partial charge in [-0.15, -0.1) is 10.2 Å². The predicted molar refractivity (Wildman–Crippen MR) is 131 cm³/mol. The molecule has 1 aromatic carbocycles. The molecule has 2 aliphatic rings. The van der Waals surface area contributed by atoms with Gasteiger partial charge in [0.1, 0.15) is 17.7 Å². The van der Waals surface area contributed by atoms with Crippen LogP contribution in [0.2, 0.25) is 0 Å². The van der Waals surface area contributed by atoms with Crippen LogP contribution in [0.4, 0.5) is 11.4 Å². The zero-order chi connectivity index (χ0) is 25.9. The Morgan fingerprint density at radius 3 is 2.65 bits per heavy atom. The van der Waals surface area contributed by atoms with Crippen molar-refractivity contribution in [1.82, 2.24) is 30.3 Å². The van der Waals surface area contributed by atoms with Gasteiger partial charge in [-0.1, -0.05) is 6.07 Å². The van der Waals surface area contributed by atoms with Gasteiger partial charge >= 0.3 is 0 Å². The molecule has 2 aliphatic carbocycles. The number of nitrogens with zero attached hydrogens (tertiary/aromatic N) is 6. The van der Waals surface area contributed by atoms with Crippen LogP contribution in [0.15, 0.2) is 30.6 Å². The van der Waals surface area contributed by atoms with Crippen LogP contribution in [-0.4, -0.2) is 69.7 Å². The van der Waals surface area contributed by atoms with Crippen molar-refractivity contribution in [2.24, 2.45) is 5.73 Å². The van der Waals surface area contributed by atoms with Gasteiger partial charge in [-0.3, -0.25) is 19.1 Å². The fourth-order valence-electron chi connectivity index (χ4n) is 3.66. The zero-order valence-corrected chi connectivity index (χ0v) is 20.6. The average molecular weight is 509 g/mol. The Balaban J connectivity index is 1.58. The van der Waals surface area contributed by atoms with Crippen molar-refractivity contribution >= 4 is 23.2 Å². The third kappa shape index (κ3) is 5.52. The number of hydrogen-bond acceptors (Lipinski definition) is 10. The Kier molecular flexibility index (Phi) is 6.97. The number of hydrogen-bond donors (Lipinski definition) is 2. The number of carbonyl (C=O) groups is 2. The highest BCUT2D eigenvalue weighted by Gasteiger charge is 2.33. The maximum Gasteiger partial charge on any atom is 0.272 e. The lowest BCUT2D eigenvalue weighted by molar-refractivity contribution is 0.0937. The van der Waals surface area contributed by atoms with Crippen LogP contribution in [0.3, 0.4) is 0 Å². The number of benzene rings is 1. The van der Waals surface area contributed by atoms with Gasteiger partial charge < -0.3 is 20.5 Å². The van der Waals surface area contributed by atoms with E-state index in [9.17, 15) is 9.59 Å². The monoisotopic (exact) mass is 508 g/mol. The van der Waals surface area contributed by atoms with E-state index in [1.165, 1.54) is 18.2 Å². The van der Waals surface area contributed by atoms with Gasteiger partial charge in [0.2, 0.25) is 0 Å². The molecule has 0 saturated heterocycles. The predicted octanol–water partition coefficient (Wildman–Crippen LogP) is 1.61. The van der Waals surface area contributed by atoms with Gasteiger partial charge in [0.15, 0.2) is 23.0 Å². The molecule has 2 aromatic heterocycles. The van der Waals surface area contributed by atoms with Crippen molar-refractivity contribution in [3.05, 3.63) is 42.0 Å². The van der Waals surface area contributed by atoms with Crippen molar-refractivity contribution in [3.63, 3.8) is 0 Å². The molecule has 2 heterocycles. The molecule has 0 spiro atoms. The fourth-order valence-corrected chi connectivity index (χ4v) is 3.66. The molecule has 13 nitrogen and oxygen atoms in total. The largest absolute Gasteiger partial charge is 0.494 e. The molecule has 0 radical (unpaired) electrons. The number of ether oxygens (including phenoxy) is 2. The lowest BCUT2D eigenvalue weighted by Crippen LogP contribution is -2.29. The lowest BCUT2D eigenvalue weighted by Gasteiger charge is -2.27. The Labute approximate surface area is 212 Å². The number of rotatable bonds is 12. The summed E-state index contributed by atoms with van der Waals surface area (Å²) in [7, 11) is 3.14. The zero-order valence-electron chi connectivity index (χ0n) is 20.6. The van der Waals surface area contributed by atoms with E-state index in [4.69, 9.17) is 20.0 Å². The van der Waals surface area contributed by atoms with E-state index >= 15 is 0 Å². The smallest absolute Gasteiger partial charge is 0.272 e. The van der Waals surface area contributed by atoms with E-state index in [0.717, 1.165) is 25.7 Å². The van der Waals surface area contributed by atoms with Crippen molar-refractivity contribution in [2.45, 2.75) is 44.4 Å². The van der Waals surface area contributed by atoms with E-state index in [2.05, 4.69) is 25.6 Å². The van der Waals surface area contributed by atoms with Gasteiger partial charge in [0.05, 0.1) is 31.9 Å². The van der Waals surface area contributed by atoms with Crippen molar-refractivity contribution in [3.8, 4) is 17.1 Å². The number of nitrogens with two attached hydrogens (primary N) is 1. The summed E-state index contributed by atoms with van der Waals surface area (Å²) in [6.07, 6.45) is 5.04. The van der Waals surface area contributed by atoms with Gasteiger partial charge in [0.25, 0.3) is 11.8 Å². The van der Waals surface area contributed by atoms with Gasteiger partial charge in [-0.2, -0.15) is 5.10 Å². The van der Waals surface area contributed by atoms with Gasteiger partial charge in [-0.25, -0.2) is 10.0 Å². The molecule has 0 unspecified atom stereocenters. The summed E-state index contributed by atoms with van der Waals surface area (Å²) in [5, 5.41) is 16.8. The van der Waals surface area contributed by atoms with E-state index in [1.54, 1.807) is 30.3 Å². The quantitative estimate of drug-likeness (QED) is 0.344. The highest BCUT2D eigenvalue weighted by molar-refractivity contribution is 6.00. The maximum atomic E-state index is 12.7. The second-order valence-corrected chi connectivity index (χ2v) is 8.86. The number of methoxy groups -OCH3 is 2. The first-order valence-corrected chi connectivity index (χ1v) is 12.0. The minimum atomic E-state index is -0.810. The van der Waals surface area contributed by atoms with Crippen LogP contribution in [0.1, 0.15) is 46.7 Å². The minimum absolute atomic E-state index is 0.0463. The maximum absolute atomic E-state index is 12.7. The number of para-hydroxylation sites is 1. The van der Waals surface area contributed by atoms with E-state index in [0.29, 0.717) is 36.0 Å². The average Bonchev–Trinajstić information content (AvgIpc) is 3.84. The molecular weight excluding hydrogens is 480 g/mol. The number of primary amides is 1. The first-order chi connectivity index (χ1) is 18.0. The normalized spacial score (nSPS) is 14.9. The number of nitrogens with one attached hydrogen (secondary N) is 1. The van der Waals surface area contributed by atoms with E-state index in [1.807, 2.05) is 6.07 Å². The third-order valence-corrected chi connectivity index (χ3v) is 5.87. The first-order valence-electron chi connectivity index (χ1n) is 12.0. The van der Waals surface area contributed by atoms with Crippen LogP contribution in [0, 0.1) is 0 Å². The van der Waals surface area contributed by atoms with E-state index < -0.39 is 5.91 Å². The molecule has 3 aromatic rings. The van der Waals surface area contributed by atoms with Crippen LogP contribution in [0.5, 0.6) is 5.75 Å². The Hall–Kier alpha value is -4.10. The molecule has 2 amide bonds. The SMILES string of the molecule is COCCn1cnc(-c2cccc(N(OC3CC3)c3cc(C(=O)NC4CC4)nnc3C(N)=O)c2OC)n1. The first kappa shape index (κ1) is 24.6. The standard InChI is InChI=1S/C24H28N8O5/c1-35-11-10-31-13-26-23(30-31)16-4-3-5-18(21(16)36-2)32(37-15-8-9-15)19-12-17(24(34)27-14-6-7-14)28-29-20(19)22(25)33/h3-5,12-15H,6-11H2,1-2H3,(H2,25,33)(H,27,34). The molecule has 3 N–H and O–H groups in total. The number of anilines is 2. The van der Waals surface area contributed by atoms with Crippen LogP contribution < -0.4 is 20.9 Å². The molecule has 0 bridgehead atoms. The van der Waals surface area contributed by atoms with Crippen LogP contribution in [-0.2, 0) is 16.1 Å². The summed E-state index contributed by atoms with van der Waals surface area (Å²) in [6, 6.07) is 6.96. The summed E-state index contributed by atoms with van der Waals surface area (Å²) in [5.74, 6) is -0.350. The summed E-state index contributed by atoms with van der Waals surface area (Å²) in [6.45, 7) is 1.03. The second-order valence-electron chi connectivity index (χ2n) is 8.86. The highest BCUT2D eigenvalue weighted by atomic mass is 16.7. The molecule has 2 saturated carbocycles. The van der Waals surface area contributed by atoms with Gasteiger partial charge in [0, 0.05) is 13.2 Å². The Morgan fingerprint density at radius 2 is 1.97 bits per heavy atom.